The summed E-state index contributed by atoms with van der Waals surface area (Å²) in [6.45, 7) is 0. The number of nitrogens with one attached hydrogen (secondary N) is 1. The average molecular weight is 371 g/mol. The topological polar surface area (TPSA) is 105 Å². The third-order valence-electron chi connectivity index (χ3n) is 4.40. The Morgan fingerprint density at radius 3 is 2.81 bits per heavy atom. The Morgan fingerprint density at radius 1 is 1.35 bits per heavy atom. The van der Waals surface area contributed by atoms with Gasteiger partial charge in [-0.15, -0.1) is 11.3 Å². The maximum absolute atomic E-state index is 12.6. The molecule has 0 radical (unpaired) electrons. The summed E-state index contributed by atoms with van der Waals surface area (Å²) in [7, 11) is 1.33. The molecule has 0 aliphatic heterocycles. The zero-order valence-corrected chi connectivity index (χ0v) is 15.0. The van der Waals surface area contributed by atoms with E-state index in [4.69, 9.17) is 4.74 Å². The molecule has 1 amide bonds. The second kappa shape index (κ2) is 7.54. The number of ether oxygens (including phenoxy) is 1. The average Bonchev–Trinajstić information content (AvgIpc) is 2.80. The Labute approximate surface area is 154 Å². The number of carbonyl (C=O) groups is 1. The lowest BCUT2D eigenvalue weighted by Crippen LogP contribution is -2.12. The van der Waals surface area contributed by atoms with E-state index >= 15 is 0 Å². The van der Waals surface area contributed by atoms with Crippen LogP contribution in [0.1, 0.15) is 45.6 Å². The number of hydrogen-bond acceptors (Lipinski definition) is 6. The molecule has 1 aromatic heterocycles. The number of nitrogens with zero attached hydrogens (tertiary/aromatic N) is 2. The van der Waals surface area contributed by atoms with Gasteiger partial charge in [0.15, 0.2) is 5.75 Å². The summed E-state index contributed by atoms with van der Waals surface area (Å²) in [4.78, 5) is 24.2. The predicted molar refractivity (Wildman–Crippen MR) is 97.9 cm³/mol. The van der Waals surface area contributed by atoms with Crippen LogP contribution < -0.4 is 10.1 Å². The third-order valence-corrected chi connectivity index (χ3v) is 5.61. The lowest BCUT2D eigenvalue weighted by atomic mass is 10.1. The number of hydrogen-bond donors (Lipinski definition) is 1. The Bertz CT molecular complexity index is 914. The molecule has 1 aliphatic carbocycles. The van der Waals surface area contributed by atoms with Crippen LogP contribution in [0.4, 0.5) is 10.7 Å². The Hall–Kier alpha value is -2.92. The van der Waals surface area contributed by atoms with Crippen LogP contribution >= 0.6 is 11.3 Å². The molecular formula is C18H17N3O4S. The number of fused-ring (bicyclic) bond motifs is 1. The minimum Gasteiger partial charge on any atom is -0.490 e. The van der Waals surface area contributed by atoms with Crippen molar-refractivity contribution in [1.82, 2.24) is 0 Å². The van der Waals surface area contributed by atoms with E-state index in [-0.39, 0.29) is 17.0 Å². The SMILES string of the molecule is COc1ccc(C(=O)Nc2sc3c(c2C#N)CCCCC3)cc1[N+](=O)[O-]. The van der Waals surface area contributed by atoms with Crippen molar-refractivity contribution in [2.75, 3.05) is 12.4 Å². The van der Waals surface area contributed by atoms with Crippen molar-refractivity contribution in [3.05, 3.63) is 49.9 Å². The molecule has 0 spiro atoms. The fourth-order valence-corrected chi connectivity index (χ4v) is 4.33. The Morgan fingerprint density at radius 2 is 2.12 bits per heavy atom. The van der Waals surface area contributed by atoms with Crippen molar-refractivity contribution >= 4 is 27.9 Å². The van der Waals surface area contributed by atoms with Gasteiger partial charge in [0.2, 0.25) is 0 Å². The molecule has 0 unspecified atom stereocenters. The molecule has 1 N–H and O–H groups in total. The molecule has 1 heterocycles. The van der Waals surface area contributed by atoms with Crippen molar-refractivity contribution in [2.45, 2.75) is 32.1 Å². The molecule has 0 saturated heterocycles. The number of anilines is 1. The molecule has 3 rings (SSSR count). The number of aryl methyl sites for hydroxylation is 1. The maximum Gasteiger partial charge on any atom is 0.311 e. The van der Waals surface area contributed by atoms with E-state index in [1.54, 1.807) is 0 Å². The number of thiophene rings is 1. The van der Waals surface area contributed by atoms with Gasteiger partial charge in [0.25, 0.3) is 5.91 Å². The second-order valence-corrected chi connectivity index (χ2v) is 7.08. The maximum atomic E-state index is 12.6. The van der Waals surface area contributed by atoms with Gasteiger partial charge >= 0.3 is 5.69 Å². The van der Waals surface area contributed by atoms with Crippen LogP contribution in [-0.4, -0.2) is 17.9 Å². The van der Waals surface area contributed by atoms with Crippen LogP contribution in [0.15, 0.2) is 18.2 Å². The largest absolute Gasteiger partial charge is 0.490 e. The molecule has 7 nitrogen and oxygen atoms in total. The van der Waals surface area contributed by atoms with E-state index in [2.05, 4.69) is 11.4 Å². The van der Waals surface area contributed by atoms with Crippen LogP contribution in [0.5, 0.6) is 5.75 Å². The predicted octanol–water partition coefficient (Wildman–Crippen LogP) is 4.06. The molecule has 1 aromatic carbocycles. The van der Waals surface area contributed by atoms with Gasteiger partial charge in [0.1, 0.15) is 11.1 Å². The minimum absolute atomic E-state index is 0.0899. The number of methoxy groups -OCH3 is 1. The molecule has 134 valence electrons. The number of amides is 1. The summed E-state index contributed by atoms with van der Waals surface area (Å²) in [6.07, 6.45) is 5.02. The smallest absolute Gasteiger partial charge is 0.311 e. The quantitative estimate of drug-likeness (QED) is 0.496. The van der Waals surface area contributed by atoms with E-state index in [0.717, 1.165) is 42.5 Å². The number of benzene rings is 1. The summed E-state index contributed by atoms with van der Waals surface area (Å²) in [5.74, 6) is -0.393. The van der Waals surface area contributed by atoms with Crippen molar-refractivity contribution in [3.8, 4) is 11.8 Å². The first-order valence-electron chi connectivity index (χ1n) is 8.23. The van der Waals surface area contributed by atoms with Crippen LogP contribution in [0, 0.1) is 21.4 Å². The number of carbonyl (C=O) groups excluding carboxylic acids is 1. The van der Waals surface area contributed by atoms with Gasteiger partial charge < -0.3 is 10.1 Å². The summed E-state index contributed by atoms with van der Waals surface area (Å²) in [6, 6.07) is 6.24. The number of nitro benzene ring substituents is 1. The zero-order chi connectivity index (χ0) is 18.7. The van der Waals surface area contributed by atoms with Crippen molar-refractivity contribution in [3.63, 3.8) is 0 Å². The molecule has 26 heavy (non-hydrogen) atoms. The van der Waals surface area contributed by atoms with Crippen LogP contribution in [0.3, 0.4) is 0 Å². The van der Waals surface area contributed by atoms with Gasteiger partial charge in [-0.25, -0.2) is 0 Å². The highest BCUT2D eigenvalue weighted by Gasteiger charge is 2.23. The van der Waals surface area contributed by atoms with Crippen molar-refractivity contribution in [1.29, 1.82) is 5.26 Å². The minimum atomic E-state index is -0.594. The van der Waals surface area contributed by atoms with Crippen molar-refractivity contribution < 1.29 is 14.5 Å². The lowest BCUT2D eigenvalue weighted by Gasteiger charge is -2.06. The molecule has 0 bridgehead atoms. The third kappa shape index (κ3) is 3.39. The van der Waals surface area contributed by atoms with Gasteiger partial charge in [0.05, 0.1) is 17.6 Å². The van der Waals surface area contributed by atoms with E-state index in [0.29, 0.717) is 10.6 Å². The molecule has 1 aliphatic rings. The van der Waals surface area contributed by atoms with E-state index < -0.39 is 10.8 Å². The summed E-state index contributed by atoms with van der Waals surface area (Å²) >= 11 is 1.43. The fraction of sp³-hybridized carbons (Fsp3) is 0.333. The zero-order valence-electron chi connectivity index (χ0n) is 14.2. The first-order chi connectivity index (χ1) is 12.5. The monoisotopic (exact) mass is 371 g/mol. The normalized spacial score (nSPS) is 13.2. The van der Waals surface area contributed by atoms with Crippen LogP contribution in [0.25, 0.3) is 0 Å². The van der Waals surface area contributed by atoms with Gasteiger partial charge in [0, 0.05) is 16.5 Å². The highest BCUT2D eigenvalue weighted by atomic mass is 32.1. The Balaban J connectivity index is 1.90. The standard InChI is InChI=1S/C18H17N3O4S/c1-25-15-8-7-11(9-14(15)21(23)24)17(22)20-18-13(10-19)12-5-3-2-4-6-16(12)26-18/h7-9H,2-6H2,1H3,(H,20,22). The summed E-state index contributed by atoms with van der Waals surface area (Å²) in [5, 5.41) is 23.9. The van der Waals surface area contributed by atoms with E-state index in [9.17, 15) is 20.2 Å². The number of nitriles is 1. The van der Waals surface area contributed by atoms with Crippen molar-refractivity contribution in [2.24, 2.45) is 0 Å². The summed E-state index contributed by atoms with van der Waals surface area (Å²) in [5.41, 5.74) is 1.42. The van der Waals surface area contributed by atoms with Gasteiger partial charge in [-0.3, -0.25) is 14.9 Å². The highest BCUT2D eigenvalue weighted by molar-refractivity contribution is 7.16. The molecule has 0 fully saturated rings. The molecular weight excluding hydrogens is 354 g/mol. The molecule has 2 aromatic rings. The number of nitro groups is 1. The first-order valence-corrected chi connectivity index (χ1v) is 9.05. The molecule has 0 atom stereocenters. The molecule has 0 saturated carbocycles. The van der Waals surface area contributed by atoms with Crippen LogP contribution in [0.2, 0.25) is 0 Å². The first kappa shape index (κ1) is 17.9. The second-order valence-electron chi connectivity index (χ2n) is 5.98. The lowest BCUT2D eigenvalue weighted by molar-refractivity contribution is -0.385. The fourth-order valence-electron chi connectivity index (χ4n) is 3.10. The van der Waals surface area contributed by atoms with Gasteiger partial charge in [-0.1, -0.05) is 6.42 Å². The highest BCUT2D eigenvalue weighted by Crippen LogP contribution is 2.37. The van der Waals surface area contributed by atoms with Crippen LogP contribution in [-0.2, 0) is 12.8 Å². The van der Waals surface area contributed by atoms with Gasteiger partial charge in [-0.05, 0) is 43.4 Å². The Kier molecular flexibility index (Phi) is 5.19. The van der Waals surface area contributed by atoms with E-state index in [1.165, 1.54) is 36.6 Å². The number of rotatable bonds is 4. The molecule has 8 heteroatoms. The van der Waals surface area contributed by atoms with E-state index in [1.807, 2.05) is 0 Å². The van der Waals surface area contributed by atoms with Gasteiger partial charge in [-0.2, -0.15) is 5.26 Å². The summed E-state index contributed by atoms with van der Waals surface area (Å²) < 4.78 is 4.95.